The van der Waals surface area contributed by atoms with Crippen LogP contribution in [0.5, 0.6) is 0 Å². The second-order valence-corrected chi connectivity index (χ2v) is 4.38. The third-order valence-electron chi connectivity index (χ3n) is 2.61. The summed E-state index contributed by atoms with van der Waals surface area (Å²) in [7, 11) is 0. The number of H-pyrrole nitrogens is 1. The molecule has 0 saturated carbocycles. The summed E-state index contributed by atoms with van der Waals surface area (Å²) in [6, 6.07) is 6.03. The summed E-state index contributed by atoms with van der Waals surface area (Å²) in [5, 5.41) is 2.77. The topological polar surface area (TPSA) is 49.8 Å². The van der Waals surface area contributed by atoms with E-state index < -0.39 is 0 Å². The van der Waals surface area contributed by atoms with E-state index in [2.05, 4.69) is 10.3 Å². The molecule has 0 aliphatic heterocycles. The van der Waals surface area contributed by atoms with Gasteiger partial charge in [0.15, 0.2) is 4.77 Å². The Morgan fingerprint density at radius 1 is 1.53 bits per heavy atom. The van der Waals surface area contributed by atoms with Gasteiger partial charge in [0.1, 0.15) is 6.54 Å². The highest BCUT2D eigenvalue weighted by molar-refractivity contribution is 7.71. The van der Waals surface area contributed by atoms with Crippen LogP contribution in [0.2, 0.25) is 0 Å². The first-order valence-electron chi connectivity index (χ1n) is 5.57. The van der Waals surface area contributed by atoms with E-state index in [1.807, 2.05) is 36.6 Å². The summed E-state index contributed by atoms with van der Waals surface area (Å²) in [6.07, 6.45) is 0. The lowest BCUT2D eigenvalue weighted by Gasteiger charge is -2.05. The highest BCUT2D eigenvalue weighted by Crippen LogP contribution is 2.15. The molecule has 0 unspecified atom stereocenters. The third-order valence-corrected chi connectivity index (χ3v) is 2.93. The van der Waals surface area contributed by atoms with Gasteiger partial charge < -0.3 is 14.9 Å². The van der Waals surface area contributed by atoms with Crippen molar-refractivity contribution in [3.8, 4) is 0 Å². The first-order valence-corrected chi connectivity index (χ1v) is 5.98. The minimum atomic E-state index is -0.0222. The van der Waals surface area contributed by atoms with Crippen LogP contribution in [0.1, 0.15) is 12.5 Å². The highest BCUT2D eigenvalue weighted by atomic mass is 32.1. The second-order valence-electron chi connectivity index (χ2n) is 3.99. The Bertz CT molecular complexity index is 612. The van der Waals surface area contributed by atoms with Crippen LogP contribution in [0.3, 0.4) is 0 Å². The van der Waals surface area contributed by atoms with E-state index in [9.17, 15) is 4.79 Å². The smallest absolute Gasteiger partial charge is 0.240 e. The number of hydrogen-bond donors (Lipinski definition) is 2. The Kier molecular flexibility index (Phi) is 3.28. The SMILES string of the molecule is CCNC(=O)Cn1c(=S)[nH]c2ccc(C)cc21. The van der Waals surface area contributed by atoms with Gasteiger partial charge in [0.05, 0.1) is 11.0 Å². The van der Waals surface area contributed by atoms with Gasteiger partial charge in [-0.05, 0) is 43.8 Å². The fourth-order valence-corrected chi connectivity index (χ4v) is 2.09. The number of carbonyl (C=O) groups excluding carboxylic acids is 1. The number of hydrogen-bond acceptors (Lipinski definition) is 2. The zero-order chi connectivity index (χ0) is 12.4. The predicted molar refractivity (Wildman–Crippen MR) is 70.5 cm³/mol. The summed E-state index contributed by atoms with van der Waals surface area (Å²) in [6.45, 7) is 4.81. The second kappa shape index (κ2) is 4.71. The van der Waals surface area contributed by atoms with Crippen LogP contribution >= 0.6 is 12.2 Å². The third kappa shape index (κ3) is 2.39. The molecule has 0 fully saturated rings. The molecule has 1 heterocycles. The van der Waals surface area contributed by atoms with Crippen LogP contribution in [0.15, 0.2) is 18.2 Å². The fraction of sp³-hybridized carbons (Fsp3) is 0.333. The van der Waals surface area contributed by atoms with Crippen LogP contribution in [0.25, 0.3) is 11.0 Å². The summed E-state index contributed by atoms with van der Waals surface area (Å²) < 4.78 is 2.40. The Morgan fingerprint density at radius 3 is 3.00 bits per heavy atom. The number of carbonyl (C=O) groups is 1. The number of amides is 1. The molecular formula is C12H15N3OS. The van der Waals surface area contributed by atoms with Gasteiger partial charge in [-0.3, -0.25) is 4.79 Å². The Balaban J connectivity index is 2.45. The first kappa shape index (κ1) is 11.9. The molecule has 2 aromatic rings. The fourth-order valence-electron chi connectivity index (χ4n) is 1.82. The average Bonchev–Trinajstić information content (AvgIpc) is 2.56. The summed E-state index contributed by atoms with van der Waals surface area (Å²) >= 11 is 5.23. The monoisotopic (exact) mass is 249 g/mol. The number of rotatable bonds is 3. The molecule has 0 bridgehead atoms. The molecular weight excluding hydrogens is 234 g/mol. The van der Waals surface area contributed by atoms with Crippen molar-refractivity contribution in [3.05, 3.63) is 28.5 Å². The van der Waals surface area contributed by atoms with Crippen LogP contribution in [-0.4, -0.2) is 22.0 Å². The van der Waals surface area contributed by atoms with E-state index in [1.165, 1.54) is 0 Å². The zero-order valence-electron chi connectivity index (χ0n) is 9.91. The quantitative estimate of drug-likeness (QED) is 0.819. The molecule has 0 atom stereocenters. The molecule has 5 heteroatoms. The largest absolute Gasteiger partial charge is 0.355 e. The van der Waals surface area contributed by atoms with E-state index >= 15 is 0 Å². The van der Waals surface area contributed by atoms with Crippen LogP contribution in [0, 0.1) is 11.7 Å². The molecule has 2 N–H and O–H groups in total. The lowest BCUT2D eigenvalue weighted by molar-refractivity contribution is -0.121. The zero-order valence-corrected chi connectivity index (χ0v) is 10.7. The van der Waals surface area contributed by atoms with Gasteiger partial charge in [0, 0.05) is 6.54 Å². The van der Waals surface area contributed by atoms with E-state index in [4.69, 9.17) is 12.2 Å². The maximum absolute atomic E-state index is 11.6. The van der Waals surface area contributed by atoms with Gasteiger partial charge in [-0.15, -0.1) is 0 Å². The van der Waals surface area contributed by atoms with Crippen molar-refractivity contribution in [2.75, 3.05) is 6.54 Å². The van der Waals surface area contributed by atoms with Crippen molar-refractivity contribution in [2.45, 2.75) is 20.4 Å². The Labute approximate surface area is 105 Å². The molecule has 0 saturated heterocycles. The minimum absolute atomic E-state index is 0.0222. The van der Waals surface area contributed by atoms with Crippen LogP contribution < -0.4 is 5.32 Å². The molecule has 4 nitrogen and oxygen atoms in total. The number of fused-ring (bicyclic) bond motifs is 1. The van der Waals surface area contributed by atoms with Crippen molar-refractivity contribution in [3.63, 3.8) is 0 Å². The van der Waals surface area contributed by atoms with Gasteiger partial charge in [-0.25, -0.2) is 0 Å². The number of nitrogens with zero attached hydrogens (tertiary/aromatic N) is 1. The molecule has 1 aromatic carbocycles. The highest BCUT2D eigenvalue weighted by Gasteiger charge is 2.08. The molecule has 2 rings (SSSR count). The number of aromatic nitrogens is 2. The minimum Gasteiger partial charge on any atom is -0.355 e. The van der Waals surface area contributed by atoms with Crippen molar-refractivity contribution >= 4 is 29.2 Å². The standard InChI is InChI=1S/C12H15N3OS/c1-3-13-11(16)7-15-10-6-8(2)4-5-9(10)14-12(15)17/h4-6H,3,7H2,1-2H3,(H,13,16)(H,14,17). The number of nitrogens with one attached hydrogen (secondary N) is 2. The molecule has 90 valence electrons. The molecule has 1 amide bonds. The summed E-state index contributed by atoms with van der Waals surface area (Å²) in [5.41, 5.74) is 3.09. The van der Waals surface area contributed by atoms with Gasteiger partial charge in [-0.2, -0.15) is 0 Å². The number of benzene rings is 1. The molecule has 17 heavy (non-hydrogen) atoms. The first-order chi connectivity index (χ1) is 8.11. The van der Waals surface area contributed by atoms with Gasteiger partial charge in [-0.1, -0.05) is 6.07 Å². The van der Waals surface area contributed by atoms with E-state index in [1.54, 1.807) is 0 Å². The van der Waals surface area contributed by atoms with Crippen LogP contribution in [-0.2, 0) is 11.3 Å². The summed E-state index contributed by atoms with van der Waals surface area (Å²) in [4.78, 5) is 14.7. The summed E-state index contributed by atoms with van der Waals surface area (Å²) in [5.74, 6) is -0.0222. The Morgan fingerprint density at radius 2 is 2.29 bits per heavy atom. The van der Waals surface area contributed by atoms with E-state index in [-0.39, 0.29) is 12.5 Å². The molecule has 0 spiro atoms. The maximum Gasteiger partial charge on any atom is 0.240 e. The van der Waals surface area contributed by atoms with Crippen molar-refractivity contribution in [2.24, 2.45) is 0 Å². The predicted octanol–water partition coefficient (Wildman–Crippen LogP) is 2.14. The molecule has 0 aliphatic carbocycles. The van der Waals surface area contributed by atoms with Gasteiger partial charge in [0.2, 0.25) is 5.91 Å². The van der Waals surface area contributed by atoms with Crippen molar-refractivity contribution < 1.29 is 4.79 Å². The van der Waals surface area contributed by atoms with Crippen molar-refractivity contribution in [1.82, 2.24) is 14.9 Å². The number of likely N-dealkylation sites (N-methyl/N-ethyl adjacent to an activating group) is 1. The van der Waals surface area contributed by atoms with Crippen LogP contribution in [0.4, 0.5) is 0 Å². The molecule has 0 radical (unpaired) electrons. The van der Waals surface area contributed by atoms with Gasteiger partial charge in [0.25, 0.3) is 0 Å². The lowest BCUT2D eigenvalue weighted by Crippen LogP contribution is -2.27. The molecule has 0 aliphatic rings. The Hall–Kier alpha value is -1.62. The van der Waals surface area contributed by atoms with Crippen molar-refractivity contribution in [1.29, 1.82) is 0 Å². The van der Waals surface area contributed by atoms with E-state index in [0.29, 0.717) is 11.3 Å². The van der Waals surface area contributed by atoms with E-state index in [0.717, 1.165) is 16.6 Å². The normalized spacial score (nSPS) is 10.7. The number of imidazole rings is 1. The van der Waals surface area contributed by atoms with Gasteiger partial charge >= 0.3 is 0 Å². The average molecular weight is 249 g/mol. The molecule has 1 aromatic heterocycles. The maximum atomic E-state index is 11.6. The number of aromatic amines is 1. The number of aryl methyl sites for hydroxylation is 1. The lowest BCUT2D eigenvalue weighted by atomic mass is 10.2.